The van der Waals surface area contributed by atoms with Gasteiger partial charge in [-0.15, -0.1) is 0 Å². The lowest BCUT2D eigenvalue weighted by molar-refractivity contribution is -0.145. The fourth-order valence-corrected chi connectivity index (χ4v) is 1.45. The molecule has 0 fully saturated rings. The van der Waals surface area contributed by atoms with Crippen LogP contribution in [0.1, 0.15) is 31.1 Å². The van der Waals surface area contributed by atoms with Gasteiger partial charge in [-0.25, -0.2) is 4.79 Å². The number of aliphatic hydroxyl groups is 1. The van der Waals surface area contributed by atoms with Gasteiger partial charge in [-0.2, -0.15) is 0 Å². The van der Waals surface area contributed by atoms with Gasteiger partial charge in [-0.1, -0.05) is 12.1 Å². The minimum atomic E-state index is -0.632. The molecule has 17 heavy (non-hydrogen) atoms. The Balaban J connectivity index is 2.75. The SMILES string of the molecule is CCOC(=O)COc1cc(C)ccc1C(C)O. The van der Waals surface area contributed by atoms with E-state index >= 15 is 0 Å². The van der Waals surface area contributed by atoms with Gasteiger partial charge in [0.05, 0.1) is 12.7 Å². The van der Waals surface area contributed by atoms with Crippen molar-refractivity contribution < 1.29 is 19.4 Å². The Kier molecular flexibility index (Phi) is 4.97. The Morgan fingerprint density at radius 3 is 2.76 bits per heavy atom. The predicted octanol–water partition coefficient (Wildman–Crippen LogP) is 1.99. The molecule has 0 radical (unpaired) electrons. The number of carbonyl (C=O) groups is 1. The van der Waals surface area contributed by atoms with Gasteiger partial charge in [0, 0.05) is 5.56 Å². The lowest BCUT2D eigenvalue weighted by Crippen LogP contribution is -2.15. The number of aryl methyl sites for hydroxylation is 1. The minimum Gasteiger partial charge on any atom is -0.482 e. The molecule has 1 N–H and O–H groups in total. The standard InChI is InChI=1S/C13H18O4/c1-4-16-13(15)8-17-12-7-9(2)5-6-11(12)10(3)14/h5-7,10,14H,4,8H2,1-3H3. The zero-order valence-electron chi connectivity index (χ0n) is 10.4. The van der Waals surface area contributed by atoms with Crippen LogP contribution in [0.3, 0.4) is 0 Å². The summed E-state index contributed by atoms with van der Waals surface area (Å²) in [5, 5.41) is 9.57. The van der Waals surface area contributed by atoms with Gasteiger partial charge in [0.15, 0.2) is 6.61 Å². The van der Waals surface area contributed by atoms with E-state index in [0.717, 1.165) is 5.56 Å². The van der Waals surface area contributed by atoms with Crippen molar-refractivity contribution in [1.82, 2.24) is 0 Å². The summed E-state index contributed by atoms with van der Waals surface area (Å²) in [6.07, 6.45) is -0.632. The summed E-state index contributed by atoms with van der Waals surface area (Å²) >= 11 is 0. The molecule has 4 heteroatoms. The van der Waals surface area contributed by atoms with Crippen LogP contribution in [0.5, 0.6) is 5.75 Å². The third-order valence-electron chi connectivity index (χ3n) is 2.27. The highest BCUT2D eigenvalue weighted by Gasteiger charge is 2.11. The van der Waals surface area contributed by atoms with E-state index in [0.29, 0.717) is 17.9 Å². The Labute approximate surface area is 101 Å². The number of esters is 1. The number of hydrogen-bond donors (Lipinski definition) is 1. The summed E-state index contributed by atoms with van der Waals surface area (Å²) in [6, 6.07) is 5.47. The molecule has 0 saturated heterocycles. The van der Waals surface area contributed by atoms with Crippen LogP contribution in [0.4, 0.5) is 0 Å². The van der Waals surface area contributed by atoms with Crippen LogP contribution in [0, 0.1) is 6.92 Å². The van der Waals surface area contributed by atoms with E-state index < -0.39 is 12.1 Å². The van der Waals surface area contributed by atoms with Crippen molar-refractivity contribution >= 4 is 5.97 Å². The largest absolute Gasteiger partial charge is 0.482 e. The number of rotatable bonds is 5. The molecule has 0 saturated carbocycles. The highest BCUT2D eigenvalue weighted by molar-refractivity contribution is 5.71. The summed E-state index contributed by atoms with van der Waals surface area (Å²) in [6.45, 7) is 5.51. The highest BCUT2D eigenvalue weighted by atomic mass is 16.6. The minimum absolute atomic E-state index is 0.142. The number of hydrogen-bond acceptors (Lipinski definition) is 4. The molecule has 1 rings (SSSR count). The highest BCUT2D eigenvalue weighted by Crippen LogP contribution is 2.26. The molecule has 0 heterocycles. The molecule has 0 aliphatic heterocycles. The molecule has 0 aromatic heterocycles. The fraction of sp³-hybridized carbons (Fsp3) is 0.462. The molecule has 0 spiro atoms. The van der Waals surface area contributed by atoms with E-state index in [1.165, 1.54) is 0 Å². The second-order valence-electron chi connectivity index (χ2n) is 3.81. The molecule has 1 unspecified atom stereocenters. The molecular formula is C13H18O4. The normalized spacial score (nSPS) is 12.0. The molecule has 94 valence electrons. The number of aliphatic hydroxyl groups excluding tert-OH is 1. The Bertz CT molecular complexity index is 385. The van der Waals surface area contributed by atoms with Crippen molar-refractivity contribution in [2.45, 2.75) is 26.9 Å². The first-order valence-electron chi connectivity index (χ1n) is 5.61. The Morgan fingerprint density at radius 1 is 1.47 bits per heavy atom. The first kappa shape index (κ1) is 13.5. The monoisotopic (exact) mass is 238 g/mol. The second kappa shape index (κ2) is 6.25. The van der Waals surface area contributed by atoms with Crippen LogP contribution in [0.15, 0.2) is 18.2 Å². The molecule has 1 aromatic rings. The van der Waals surface area contributed by atoms with Gasteiger partial charge in [0.2, 0.25) is 0 Å². The van der Waals surface area contributed by atoms with E-state index in [-0.39, 0.29) is 6.61 Å². The summed E-state index contributed by atoms with van der Waals surface area (Å²) < 4.78 is 10.1. The zero-order valence-corrected chi connectivity index (χ0v) is 10.4. The van der Waals surface area contributed by atoms with Crippen LogP contribution < -0.4 is 4.74 Å². The lowest BCUT2D eigenvalue weighted by Gasteiger charge is -2.13. The van der Waals surface area contributed by atoms with Crippen LogP contribution in [-0.2, 0) is 9.53 Å². The molecule has 4 nitrogen and oxygen atoms in total. The average Bonchev–Trinajstić information content (AvgIpc) is 2.26. The second-order valence-corrected chi connectivity index (χ2v) is 3.81. The van der Waals surface area contributed by atoms with E-state index in [2.05, 4.69) is 0 Å². The van der Waals surface area contributed by atoms with Crippen molar-refractivity contribution in [1.29, 1.82) is 0 Å². The van der Waals surface area contributed by atoms with E-state index in [9.17, 15) is 9.90 Å². The van der Waals surface area contributed by atoms with Gasteiger partial charge in [0.25, 0.3) is 0 Å². The van der Waals surface area contributed by atoms with Crippen molar-refractivity contribution in [3.05, 3.63) is 29.3 Å². The summed E-state index contributed by atoms with van der Waals surface area (Å²) in [5.41, 5.74) is 1.67. The fourth-order valence-electron chi connectivity index (χ4n) is 1.45. The molecular weight excluding hydrogens is 220 g/mol. The number of carbonyl (C=O) groups excluding carboxylic acids is 1. The van der Waals surface area contributed by atoms with Crippen LogP contribution in [-0.4, -0.2) is 24.3 Å². The molecule has 1 atom stereocenters. The number of benzene rings is 1. The maximum absolute atomic E-state index is 11.2. The molecule has 1 aromatic carbocycles. The molecule has 0 amide bonds. The van der Waals surface area contributed by atoms with Gasteiger partial charge in [0.1, 0.15) is 5.75 Å². The van der Waals surface area contributed by atoms with E-state index in [1.54, 1.807) is 26.0 Å². The molecule has 0 bridgehead atoms. The lowest BCUT2D eigenvalue weighted by atomic mass is 10.1. The van der Waals surface area contributed by atoms with Crippen LogP contribution >= 0.6 is 0 Å². The zero-order chi connectivity index (χ0) is 12.8. The van der Waals surface area contributed by atoms with E-state index in [4.69, 9.17) is 9.47 Å². The van der Waals surface area contributed by atoms with Gasteiger partial charge in [-0.05, 0) is 32.4 Å². The maximum Gasteiger partial charge on any atom is 0.344 e. The molecule has 0 aliphatic rings. The summed E-state index contributed by atoms with van der Waals surface area (Å²) in [4.78, 5) is 11.2. The number of ether oxygens (including phenoxy) is 2. The van der Waals surface area contributed by atoms with Crippen molar-refractivity contribution in [3.63, 3.8) is 0 Å². The predicted molar refractivity (Wildman–Crippen MR) is 63.9 cm³/mol. The first-order chi connectivity index (χ1) is 8.04. The van der Waals surface area contributed by atoms with Crippen molar-refractivity contribution in [2.24, 2.45) is 0 Å². The topological polar surface area (TPSA) is 55.8 Å². The van der Waals surface area contributed by atoms with Gasteiger partial charge in [-0.3, -0.25) is 0 Å². The third kappa shape index (κ3) is 4.07. The smallest absolute Gasteiger partial charge is 0.344 e. The quantitative estimate of drug-likeness (QED) is 0.797. The maximum atomic E-state index is 11.2. The van der Waals surface area contributed by atoms with Gasteiger partial charge < -0.3 is 14.6 Å². The van der Waals surface area contributed by atoms with E-state index in [1.807, 2.05) is 13.0 Å². The summed E-state index contributed by atoms with van der Waals surface area (Å²) in [7, 11) is 0. The summed E-state index contributed by atoms with van der Waals surface area (Å²) in [5.74, 6) is 0.110. The Hall–Kier alpha value is -1.55. The van der Waals surface area contributed by atoms with Crippen LogP contribution in [0.2, 0.25) is 0 Å². The average molecular weight is 238 g/mol. The van der Waals surface area contributed by atoms with Crippen LogP contribution in [0.25, 0.3) is 0 Å². The van der Waals surface area contributed by atoms with Crippen molar-refractivity contribution in [3.8, 4) is 5.75 Å². The molecule has 0 aliphatic carbocycles. The third-order valence-corrected chi connectivity index (χ3v) is 2.27. The first-order valence-corrected chi connectivity index (χ1v) is 5.61. The van der Waals surface area contributed by atoms with Crippen molar-refractivity contribution in [2.75, 3.05) is 13.2 Å². The van der Waals surface area contributed by atoms with Gasteiger partial charge >= 0.3 is 5.97 Å². The Morgan fingerprint density at radius 2 is 2.18 bits per heavy atom.